The van der Waals surface area contributed by atoms with Crippen molar-refractivity contribution in [2.24, 2.45) is 0 Å². The van der Waals surface area contributed by atoms with E-state index in [1.165, 1.54) is 24.3 Å². The summed E-state index contributed by atoms with van der Waals surface area (Å²) in [6.07, 6.45) is 1.38. The summed E-state index contributed by atoms with van der Waals surface area (Å²) in [6, 6.07) is 7.02. The maximum atomic E-state index is 13.9. The van der Waals surface area contributed by atoms with Gasteiger partial charge in [-0.15, -0.1) is 0 Å². The first-order chi connectivity index (χ1) is 8.60. The predicted octanol–water partition coefficient (Wildman–Crippen LogP) is 1.65. The molecule has 1 aromatic rings. The number of hydrogen-bond acceptors (Lipinski definition) is 2. The van der Waals surface area contributed by atoms with Gasteiger partial charge in [-0.25, -0.2) is 0 Å². The number of nitrogens with one attached hydrogen (secondary N) is 2. The van der Waals surface area contributed by atoms with Gasteiger partial charge in [-0.2, -0.15) is 8.78 Å². The monoisotopic (exact) mass is 254 g/mol. The molecule has 1 heterocycles. The van der Waals surface area contributed by atoms with Crippen LogP contribution in [-0.4, -0.2) is 25.0 Å². The molecule has 2 rings (SSSR count). The average Bonchev–Trinajstić information content (AvgIpc) is 2.41. The molecule has 1 amide bonds. The summed E-state index contributed by atoms with van der Waals surface area (Å²) in [5, 5.41) is 5.55. The van der Waals surface area contributed by atoms with E-state index in [9.17, 15) is 13.6 Å². The summed E-state index contributed by atoms with van der Waals surface area (Å²) in [5.74, 6) is -4.67. The SMILES string of the molecule is O=C(NC1CCNCC1)C(F)(F)c1ccccc1. The van der Waals surface area contributed by atoms with E-state index in [4.69, 9.17) is 0 Å². The molecule has 98 valence electrons. The van der Waals surface area contributed by atoms with Gasteiger partial charge in [0.1, 0.15) is 0 Å². The minimum atomic E-state index is -3.47. The van der Waals surface area contributed by atoms with Gasteiger partial charge in [-0.05, 0) is 25.9 Å². The third-order valence-corrected chi connectivity index (χ3v) is 3.10. The summed E-state index contributed by atoms with van der Waals surface area (Å²) in [6.45, 7) is 1.50. The molecule has 0 radical (unpaired) electrons. The summed E-state index contributed by atoms with van der Waals surface area (Å²) < 4.78 is 27.8. The third-order valence-electron chi connectivity index (χ3n) is 3.10. The van der Waals surface area contributed by atoms with E-state index >= 15 is 0 Å². The van der Waals surface area contributed by atoms with Crippen LogP contribution in [0.1, 0.15) is 18.4 Å². The number of rotatable bonds is 3. The molecule has 1 aliphatic heterocycles. The number of hydrogen-bond donors (Lipinski definition) is 2. The van der Waals surface area contributed by atoms with Crippen LogP contribution in [0.25, 0.3) is 0 Å². The van der Waals surface area contributed by atoms with Crippen molar-refractivity contribution in [3.05, 3.63) is 35.9 Å². The molecule has 0 aromatic heterocycles. The Morgan fingerprint density at radius 3 is 2.44 bits per heavy atom. The molecule has 0 bridgehead atoms. The minimum absolute atomic E-state index is 0.159. The van der Waals surface area contributed by atoms with E-state index < -0.39 is 11.8 Å². The van der Waals surface area contributed by atoms with Crippen molar-refractivity contribution in [2.75, 3.05) is 13.1 Å². The lowest BCUT2D eigenvalue weighted by Gasteiger charge is -2.26. The summed E-state index contributed by atoms with van der Waals surface area (Å²) in [4.78, 5) is 11.7. The maximum absolute atomic E-state index is 13.9. The molecule has 5 heteroatoms. The lowest BCUT2D eigenvalue weighted by atomic mass is 10.0. The quantitative estimate of drug-likeness (QED) is 0.861. The van der Waals surface area contributed by atoms with Crippen molar-refractivity contribution in [3.63, 3.8) is 0 Å². The highest BCUT2D eigenvalue weighted by atomic mass is 19.3. The van der Waals surface area contributed by atoms with Crippen molar-refractivity contribution >= 4 is 5.91 Å². The van der Waals surface area contributed by atoms with Crippen molar-refractivity contribution in [2.45, 2.75) is 24.8 Å². The molecule has 0 unspecified atom stereocenters. The fourth-order valence-corrected chi connectivity index (χ4v) is 2.02. The van der Waals surface area contributed by atoms with Crippen LogP contribution >= 0.6 is 0 Å². The van der Waals surface area contributed by atoms with E-state index in [-0.39, 0.29) is 11.6 Å². The lowest BCUT2D eigenvalue weighted by molar-refractivity contribution is -0.148. The van der Waals surface area contributed by atoms with Crippen LogP contribution in [0.3, 0.4) is 0 Å². The van der Waals surface area contributed by atoms with Gasteiger partial charge in [0, 0.05) is 11.6 Å². The highest BCUT2D eigenvalue weighted by Gasteiger charge is 2.41. The van der Waals surface area contributed by atoms with Crippen LogP contribution in [0.5, 0.6) is 0 Å². The second-order valence-corrected chi connectivity index (χ2v) is 4.44. The summed E-state index contributed by atoms with van der Waals surface area (Å²) in [7, 11) is 0. The van der Waals surface area contributed by atoms with Crippen molar-refractivity contribution in [1.82, 2.24) is 10.6 Å². The molecule has 18 heavy (non-hydrogen) atoms. The fraction of sp³-hybridized carbons (Fsp3) is 0.462. The Morgan fingerprint density at radius 2 is 1.83 bits per heavy atom. The number of halogens is 2. The Hall–Kier alpha value is -1.49. The molecule has 0 atom stereocenters. The summed E-state index contributed by atoms with van der Waals surface area (Å²) >= 11 is 0. The molecule has 0 aliphatic carbocycles. The highest BCUT2D eigenvalue weighted by molar-refractivity contribution is 5.85. The molecular formula is C13H16F2N2O. The van der Waals surface area contributed by atoms with Crippen LogP contribution in [0.15, 0.2) is 30.3 Å². The fourth-order valence-electron chi connectivity index (χ4n) is 2.02. The van der Waals surface area contributed by atoms with E-state index in [0.717, 1.165) is 13.1 Å². The molecule has 1 fully saturated rings. The first-order valence-electron chi connectivity index (χ1n) is 6.06. The molecule has 0 saturated carbocycles. The predicted molar refractivity (Wildman–Crippen MR) is 64.4 cm³/mol. The smallest absolute Gasteiger partial charge is 0.348 e. The van der Waals surface area contributed by atoms with Crippen LogP contribution in [0.4, 0.5) is 8.78 Å². The van der Waals surface area contributed by atoms with Gasteiger partial charge < -0.3 is 10.6 Å². The van der Waals surface area contributed by atoms with Gasteiger partial charge in [0.05, 0.1) is 0 Å². The van der Waals surface area contributed by atoms with Crippen LogP contribution in [-0.2, 0) is 10.7 Å². The molecule has 0 spiro atoms. The van der Waals surface area contributed by atoms with Crippen molar-refractivity contribution < 1.29 is 13.6 Å². The molecule has 1 aliphatic rings. The van der Waals surface area contributed by atoms with Gasteiger partial charge in [-0.3, -0.25) is 4.79 Å². The third kappa shape index (κ3) is 2.85. The van der Waals surface area contributed by atoms with Crippen molar-refractivity contribution in [1.29, 1.82) is 0 Å². The zero-order valence-corrected chi connectivity index (χ0v) is 9.96. The molecule has 2 N–H and O–H groups in total. The first-order valence-corrected chi connectivity index (χ1v) is 6.06. The van der Waals surface area contributed by atoms with Gasteiger partial charge in [0.15, 0.2) is 0 Å². The first kappa shape index (κ1) is 13.0. The number of benzene rings is 1. The lowest BCUT2D eigenvalue weighted by Crippen LogP contribution is -2.47. The Bertz CT molecular complexity index is 403. The molecule has 3 nitrogen and oxygen atoms in total. The topological polar surface area (TPSA) is 41.1 Å². The average molecular weight is 254 g/mol. The van der Waals surface area contributed by atoms with Gasteiger partial charge in [0.2, 0.25) is 0 Å². The van der Waals surface area contributed by atoms with E-state index in [1.807, 2.05) is 0 Å². The van der Waals surface area contributed by atoms with Gasteiger partial charge >= 0.3 is 5.92 Å². The zero-order chi connectivity index (χ0) is 13.0. The largest absolute Gasteiger partial charge is 0.349 e. The van der Waals surface area contributed by atoms with Gasteiger partial charge in [-0.1, -0.05) is 30.3 Å². The van der Waals surface area contributed by atoms with Crippen LogP contribution in [0, 0.1) is 0 Å². The number of amides is 1. The Kier molecular flexibility index (Phi) is 3.91. The van der Waals surface area contributed by atoms with E-state index in [2.05, 4.69) is 10.6 Å². The Labute approximate surface area is 105 Å². The highest BCUT2D eigenvalue weighted by Crippen LogP contribution is 2.28. The minimum Gasteiger partial charge on any atom is -0.348 e. The second kappa shape index (κ2) is 5.44. The van der Waals surface area contributed by atoms with Crippen LogP contribution < -0.4 is 10.6 Å². The van der Waals surface area contributed by atoms with E-state index in [1.54, 1.807) is 6.07 Å². The number of carbonyl (C=O) groups is 1. The Morgan fingerprint density at radius 1 is 1.22 bits per heavy atom. The second-order valence-electron chi connectivity index (χ2n) is 4.44. The summed E-state index contributed by atoms with van der Waals surface area (Å²) in [5.41, 5.74) is -0.267. The number of carbonyl (C=O) groups excluding carboxylic acids is 1. The zero-order valence-electron chi connectivity index (χ0n) is 9.96. The van der Waals surface area contributed by atoms with Gasteiger partial charge in [0.25, 0.3) is 5.91 Å². The van der Waals surface area contributed by atoms with E-state index in [0.29, 0.717) is 12.8 Å². The molecule has 1 saturated heterocycles. The number of piperidine rings is 1. The van der Waals surface area contributed by atoms with Crippen molar-refractivity contribution in [3.8, 4) is 0 Å². The van der Waals surface area contributed by atoms with Crippen LogP contribution in [0.2, 0.25) is 0 Å². The normalized spacial score (nSPS) is 17.4. The Balaban J connectivity index is 2.03. The number of alkyl halides is 2. The maximum Gasteiger partial charge on any atom is 0.349 e. The molecule has 1 aromatic carbocycles. The standard InChI is InChI=1S/C13H16F2N2O/c14-13(15,10-4-2-1-3-5-10)12(18)17-11-6-8-16-9-7-11/h1-5,11,16H,6-9H2,(H,17,18). The molecular weight excluding hydrogens is 238 g/mol.